The van der Waals surface area contributed by atoms with Crippen LogP contribution >= 0.6 is 0 Å². The number of hydrogen-bond acceptors (Lipinski definition) is 1. The van der Waals surface area contributed by atoms with Crippen molar-refractivity contribution in [2.24, 2.45) is 0 Å². The standard InChI is InChI=1S/C6H9F5O/c1-2-3-6(10,11)12-4-5(7,8)9/h2-4H2,1H3. The SMILES string of the molecule is CCCC(F)(F)OCC(F)(F)F. The average Bonchev–Trinajstić information content (AvgIpc) is 1.83. The van der Waals surface area contributed by atoms with Crippen LogP contribution in [-0.2, 0) is 4.74 Å². The molecule has 0 saturated carbocycles. The lowest BCUT2D eigenvalue weighted by Gasteiger charge is -2.16. The number of ether oxygens (including phenoxy) is 1. The zero-order valence-corrected chi connectivity index (χ0v) is 6.42. The normalized spacial score (nSPS) is 13.5. The van der Waals surface area contributed by atoms with Crippen LogP contribution in [-0.4, -0.2) is 18.9 Å². The smallest absolute Gasteiger partial charge is 0.311 e. The van der Waals surface area contributed by atoms with Gasteiger partial charge in [0.1, 0.15) is 6.61 Å². The number of hydrogen-bond donors (Lipinski definition) is 0. The van der Waals surface area contributed by atoms with Crippen molar-refractivity contribution in [1.29, 1.82) is 0 Å². The Balaban J connectivity index is 3.75. The molecule has 0 aliphatic rings. The molecule has 0 aromatic heterocycles. The number of alkyl halides is 5. The molecule has 0 bridgehead atoms. The van der Waals surface area contributed by atoms with E-state index in [9.17, 15) is 22.0 Å². The Morgan fingerprint density at radius 1 is 1.08 bits per heavy atom. The summed E-state index contributed by atoms with van der Waals surface area (Å²) < 4.78 is 61.9. The Morgan fingerprint density at radius 2 is 1.58 bits per heavy atom. The van der Waals surface area contributed by atoms with Crippen molar-refractivity contribution >= 4 is 0 Å². The highest BCUT2D eigenvalue weighted by atomic mass is 19.4. The van der Waals surface area contributed by atoms with Gasteiger partial charge in [-0.1, -0.05) is 6.92 Å². The van der Waals surface area contributed by atoms with Crippen molar-refractivity contribution in [2.45, 2.75) is 32.1 Å². The molecule has 0 rings (SSSR count). The van der Waals surface area contributed by atoms with Crippen molar-refractivity contribution in [3.05, 3.63) is 0 Å². The van der Waals surface area contributed by atoms with E-state index in [1.165, 1.54) is 6.92 Å². The van der Waals surface area contributed by atoms with Crippen LogP contribution in [0.3, 0.4) is 0 Å². The van der Waals surface area contributed by atoms with Crippen LogP contribution in [0.2, 0.25) is 0 Å². The molecule has 12 heavy (non-hydrogen) atoms. The molecule has 0 amide bonds. The minimum Gasteiger partial charge on any atom is -0.311 e. The monoisotopic (exact) mass is 192 g/mol. The molecule has 0 heterocycles. The zero-order chi connectivity index (χ0) is 9.83. The third kappa shape index (κ3) is 6.33. The van der Waals surface area contributed by atoms with Crippen LogP contribution in [0.5, 0.6) is 0 Å². The van der Waals surface area contributed by atoms with E-state index < -0.39 is 25.3 Å². The van der Waals surface area contributed by atoms with Gasteiger partial charge in [-0.25, -0.2) is 0 Å². The lowest BCUT2D eigenvalue weighted by atomic mass is 10.3. The molecule has 0 N–H and O–H groups in total. The summed E-state index contributed by atoms with van der Waals surface area (Å²) in [6.07, 6.45) is -8.98. The van der Waals surface area contributed by atoms with Gasteiger partial charge < -0.3 is 4.74 Å². The minimum absolute atomic E-state index is 0.0743. The highest BCUT2D eigenvalue weighted by Crippen LogP contribution is 2.25. The molecule has 6 heteroatoms. The van der Waals surface area contributed by atoms with E-state index in [2.05, 4.69) is 4.74 Å². The first-order valence-electron chi connectivity index (χ1n) is 3.35. The predicted molar refractivity (Wildman–Crippen MR) is 31.9 cm³/mol. The van der Waals surface area contributed by atoms with Crippen LogP contribution in [0.1, 0.15) is 19.8 Å². The topological polar surface area (TPSA) is 9.23 Å². The van der Waals surface area contributed by atoms with Crippen LogP contribution < -0.4 is 0 Å². The van der Waals surface area contributed by atoms with Gasteiger partial charge in [-0.3, -0.25) is 0 Å². The lowest BCUT2D eigenvalue weighted by Crippen LogP contribution is -2.27. The molecule has 0 spiro atoms. The third-order valence-corrected chi connectivity index (χ3v) is 0.988. The van der Waals surface area contributed by atoms with Gasteiger partial charge in [0.15, 0.2) is 0 Å². The zero-order valence-electron chi connectivity index (χ0n) is 6.42. The maximum atomic E-state index is 12.2. The number of rotatable bonds is 4. The van der Waals surface area contributed by atoms with E-state index >= 15 is 0 Å². The maximum absolute atomic E-state index is 12.2. The van der Waals surface area contributed by atoms with Gasteiger partial charge in [0.05, 0.1) is 0 Å². The molecule has 0 aliphatic carbocycles. The maximum Gasteiger partial charge on any atom is 0.412 e. The van der Waals surface area contributed by atoms with Gasteiger partial charge in [0.2, 0.25) is 0 Å². The molecule has 0 radical (unpaired) electrons. The Bertz CT molecular complexity index is 130. The highest BCUT2D eigenvalue weighted by molar-refractivity contribution is 4.54. The van der Waals surface area contributed by atoms with Gasteiger partial charge in [-0.15, -0.1) is 0 Å². The van der Waals surface area contributed by atoms with Crippen LogP contribution in [0.4, 0.5) is 22.0 Å². The molecular weight excluding hydrogens is 183 g/mol. The lowest BCUT2D eigenvalue weighted by molar-refractivity contribution is -0.290. The summed E-state index contributed by atoms with van der Waals surface area (Å²) >= 11 is 0. The predicted octanol–water partition coefficient (Wildman–Crippen LogP) is 2.96. The molecule has 0 fully saturated rings. The molecule has 1 nitrogen and oxygen atoms in total. The van der Waals surface area contributed by atoms with Gasteiger partial charge in [0, 0.05) is 6.42 Å². The van der Waals surface area contributed by atoms with Gasteiger partial charge in [-0.2, -0.15) is 22.0 Å². The van der Waals surface area contributed by atoms with E-state index in [0.29, 0.717) is 0 Å². The van der Waals surface area contributed by atoms with Crippen LogP contribution in [0.15, 0.2) is 0 Å². The second kappa shape index (κ2) is 4.02. The van der Waals surface area contributed by atoms with E-state index in [-0.39, 0.29) is 6.42 Å². The quantitative estimate of drug-likeness (QED) is 0.622. The first-order valence-corrected chi connectivity index (χ1v) is 3.35. The van der Waals surface area contributed by atoms with Crippen molar-refractivity contribution in [3.63, 3.8) is 0 Å². The summed E-state index contributed by atoms with van der Waals surface area (Å²) in [4.78, 5) is 0. The minimum atomic E-state index is -4.70. The first kappa shape index (κ1) is 11.6. The molecule has 74 valence electrons. The van der Waals surface area contributed by atoms with E-state index in [4.69, 9.17) is 0 Å². The fourth-order valence-corrected chi connectivity index (χ4v) is 0.551. The Morgan fingerprint density at radius 3 is 1.92 bits per heavy atom. The van der Waals surface area contributed by atoms with Gasteiger partial charge in [-0.05, 0) is 6.42 Å². The number of halogens is 5. The third-order valence-electron chi connectivity index (χ3n) is 0.988. The fourth-order valence-electron chi connectivity index (χ4n) is 0.551. The van der Waals surface area contributed by atoms with E-state index in [1.54, 1.807) is 0 Å². The summed E-state index contributed by atoms with van der Waals surface area (Å²) in [7, 11) is 0. The molecule has 0 aliphatic heterocycles. The molecule has 0 atom stereocenters. The van der Waals surface area contributed by atoms with Gasteiger partial charge in [0.25, 0.3) is 0 Å². The Hall–Kier alpha value is -0.390. The summed E-state index contributed by atoms with van der Waals surface area (Å²) in [5.41, 5.74) is 0. The van der Waals surface area contributed by atoms with Crippen molar-refractivity contribution in [1.82, 2.24) is 0 Å². The largest absolute Gasteiger partial charge is 0.412 e. The summed E-state index contributed by atoms with van der Waals surface area (Å²) in [5.74, 6) is 0. The van der Waals surface area contributed by atoms with Crippen LogP contribution in [0.25, 0.3) is 0 Å². The van der Waals surface area contributed by atoms with Crippen molar-refractivity contribution < 1.29 is 26.7 Å². The Kier molecular flexibility index (Phi) is 3.89. The summed E-state index contributed by atoms with van der Waals surface area (Å²) in [6.45, 7) is -0.467. The van der Waals surface area contributed by atoms with Gasteiger partial charge >= 0.3 is 12.3 Å². The van der Waals surface area contributed by atoms with Crippen molar-refractivity contribution in [3.8, 4) is 0 Å². The molecule has 0 saturated heterocycles. The van der Waals surface area contributed by atoms with E-state index in [1.807, 2.05) is 0 Å². The van der Waals surface area contributed by atoms with E-state index in [0.717, 1.165) is 0 Å². The summed E-state index contributed by atoms with van der Waals surface area (Å²) in [6, 6.07) is 0. The second-order valence-electron chi connectivity index (χ2n) is 2.29. The molecule has 0 aromatic rings. The van der Waals surface area contributed by atoms with Crippen LogP contribution in [0, 0.1) is 0 Å². The molecule has 0 unspecified atom stereocenters. The fraction of sp³-hybridized carbons (Fsp3) is 1.00. The highest BCUT2D eigenvalue weighted by Gasteiger charge is 2.36. The second-order valence-corrected chi connectivity index (χ2v) is 2.29. The summed E-state index contributed by atoms with van der Waals surface area (Å²) in [5, 5.41) is 0. The Labute approximate surface area is 66.5 Å². The molecular formula is C6H9F5O. The molecule has 0 aromatic carbocycles. The van der Waals surface area contributed by atoms with Crippen molar-refractivity contribution in [2.75, 3.05) is 6.61 Å². The average molecular weight is 192 g/mol. The first-order chi connectivity index (χ1) is 5.27.